The highest BCUT2D eigenvalue weighted by atomic mass is 16.2. The maximum Gasteiger partial charge on any atom is 0.316 e. The zero-order valence-electron chi connectivity index (χ0n) is 7.05. The maximum atomic E-state index is 10.6. The van der Waals surface area contributed by atoms with Crippen LogP contribution in [0.1, 0.15) is 13.8 Å². The van der Waals surface area contributed by atoms with Gasteiger partial charge in [-0.05, 0) is 5.92 Å². The standard InChI is InChI=1S/C7H11N3O2/c1-4(2)3-8-7-9-5(11)6(12)10-7/h4H,3H2,1-2H3,(H2,8,9,10,11,12). The smallest absolute Gasteiger partial charge is 0.288 e. The van der Waals surface area contributed by atoms with E-state index in [-0.39, 0.29) is 5.96 Å². The van der Waals surface area contributed by atoms with E-state index in [9.17, 15) is 9.59 Å². The van der Waals surface area contributed by atoms with Gasteiger partial charge in [-0.3, -0.25) is 25.2 Å². The third-order valence-corrected chi connectivity index (χ3v) is 1.28. The number of carbonyl (C=O) groups is 2. The van der Waals surface area contributed by atoms with Gasteiger partial charge in [0.05, 0.1) is 0 Å². The van der Waals surface area contributed by atoms with Crippen LogP contribution in [0.15, 0.2) is 4.99 Å². The van der Waals surface area contributed by atoms with Crippen LogP contribution in [0.25, 0.3) is 0 Å². The second-order valence-electron chi connectivity index (χ2n) is 2.99. The lowest BCUT2D eigenvalue weighted by atomic mass is 10.2. The van der Waals surface area contributed by atoms with Crippen LogP contribution in [0.3, 0.4) is 0 Å². The number of carbonyl (C=O) groups excluding carboxylic acids is 2. The first-order valence-electron chi connectivity index (χ1n) is 3.76. The first-order chi connectivity index (χ1) is 5.59. The molecule has 0 spiro atoms. The number of nitrogens with zero attached hydrogens (tertiary/aromatic N) is 1. The molecule has 2 N–H and O–H groups in total. The molecule has 2 amide bonds. The Morgan fingerprint density at radius 1 is 1.25 bits per heavy atom. The van der Waals surface area contributed by atoms with Gasteiger partial charge >= 0.3 is 11.8 Å². The van der Waals surface area contributed by atoms with Crippen LogP contribution in [-0.2, 0) is 9.59 Å². The van der Waals surface area contributed by atoms with Gasteiger partial charge in [0, 0.05) is 6.54 Å². The molecule has 0 aromatic carbocycles. The number of guanidine groups is 1. The van der Waals surface area contributed by atoms with Crippen molar-refractivity contribution in [3.05, 3.63) is 0 Å². The van der Waals surface area contributed by atoms with Gasteiger partial charge in [-0.1, -0.05) is 13.8 Å². The first kappa shape index (κ1) is 8.70. The molecule has 5 heteroatoms. The lowest BCUT2D eigenvalue weighted by molar-refractivity contribution is -0.135. The Balaban J connectivity index is 2.51. The Bertz CT molecular complexity index is 227. The molecule has 0 unspecified atom stereocenters. The topological polar surface area (TPSA) is 70.6 Å². The van der Waals surface area contributed by atoms with Crippen molar-refractivity contribution in [1.29, 1.82) is 0 Å². The minimum atomic E-state index is -0.641. The molecule has 12 heavy (non-hydrogen) atoms. The fourth-order valence-corrected chi connectivity index (χ4v) is 0.713. The average molecular weight is 169 g/mol. The van der Waals surface area contributed by atoms with Crippen LogP contribution in [0, 0.1) is 5.92 Å². The summed E-state index contributed by atoms with van der Waals surface area (Å²) in [4.78, 5) is 25.2. The summed E-state index contributed by atoms with van der Waals surface area (Å²) in [5, 5.41) is 4.62. The normalized spacial score (nSPS) is 16.4. The van der Waals surface area contributed by atoms with Gasteiger partial charge in [0.1, 0.15) is 0 Å². The summed E-state index contributed by atoms with van der Waals surface area (Å²) in [5.74, 6) is -0.611. The van der Waals surface area contributed by atoms with Crippen LogP contribution < -0.4 is 10.6 Å². The highest BCUT2D eigenvalue weighted by Crippen LogP contribution is 1.92. The van der Waals surface area contributed by atoms with Crippen molar-refractivity contribution in [3.8, 4) is 0 Å². The summed E-state index contributed by atoms with van der Waals surface area (Å²) in [6.07, 6.45) is 0. The van der Waals surface area contributed by atoms with Crippen molar-refractivity contribution in [2.75, 3.05) is 6.54 Å². The Hall–Kier alpha value is -1.39. The van der Waals surface area contributed by atoms with Crippen molar-refractivity contribution in [2.24, 2.45) is 10.9 Å². The van der Waals surface area contributed by atoms with Gasteiger partial charge in [0.2, 0.25) is 5.96 Å². The molecule has 0 aliphatic carbocycles. The number of hydrogen-bond donors (Lipinski definition) is 2. The minimum Gasteiger partial charge on any atom is -0.288 e. The monoisotopic (exact) mass is 169 g/mol. The first-order valence-corrected chi connectivity index (χ1v) is 3.76. The van der Waals surface area contributed by atoms with Crippen LogP contribution in [0.5, 0.6) is 0 Å². The number of rotatable bonds is 2. The van der Waals surface area contributed by atoms with Crippen molar-refractivity contribution in [2.45, 2.75) is 13.8 Å². The maximum absolute atomic E-state index is 10.6. The van der Waals surface area contributed by atoms with Crippen molar-refractivity contribution in [3.63, 3.8) is 0 Å². The summed E-state index contributed by atoms with van der Waals surface area (Å²) >= 11 is 0. The average Bonchev–Trinajstić information content (AvgIpc) is 2.28. The molecule has 1 rings (SSSR count). The minimum absolute atomic E-state index is 0.263. The molecule has 0 atom stereocenters. The predicted molar refractivity (Wildman–Crippen MR) is 43.4 cm³/mol. The molecule has 1 aliphatic rings. The van der Waals surface area contributed by atoms with Crippen LogP contribution in [0.2, 0.25) is 0 Å². The van der Waals surface area contributed by atoms with E-state index in [0.29, 0.717) is 12.5 Å². The quantitative estimate of drug-likeness (QED) is 0.534. The largest absolute Gasteiger partial charge is 0.316 e. The van der Waals surface area contributed by atoms with Gasteiger partial charge in [-0.15, -0.1) is 0 Å². The van der Waals surface area contributed by atoms with E-state index in [1.54, 1.807) is 0 Å². The summed E-state index contributed by atoms with van der Waals surface area (Å²) in [6, 6.07) is 0. The van der Waals surface area contributed by atoms with Gasteiger partial charge < -0.3 is 0 Å². The summed E-state index contributed by atoms with van der Waals surface area (Å²) < 4.78 is 0. The van der Waals surface area contributed by atoms with Crippen LogP contribution in [0.4, 0.5) is 0 Å². The zero-order valence-corrected chi connectivity index (χ0v) is 7.05. The summed E-state index contributed by atoms with van der Waals surface area (Å²) in [6.45, 7) is 4.60. The fourth-order valence-electron chi connectivity index (χ4n) is 0.713. The molecule has 0 bridgehead atoms. The molecule has 1 aliphatic heterocycles. The van der Waals surface area contributed by atoms with Gasteiger partial charge in [-0.2, -0.15) is 0 Å². The third kappa shape index (κ3) is 2.05. The lowest BCUT2D eigenvalue weighted by Crippen LogP contribution is -2.26. The SMILES string of the molecule is CC(C)CN=C1NC(=O)C(=O)N1. The van der Waals surface area contributed by atoms with E-state index in [0.717, 1.165) is 0 Å². The Morgan fingerprint density at radius 2 is 1.75 bits per heavy atom. The molecule has 1 fully saturated rings. The Morgan fingerprint density at radius 3 is 2.17 bits per heavy atom. The fraction of sp³-hybridized carbons (Fsp3) is 0.571. The van der Waals surface area contributed by atoms with Gasteiger partial charge in [-0.25, -0.2) is 0 Å². The second-order valence-corrected chi connectivity index (χ2v) is 2.99. The molecule has 0 aromatic rings. The third-order valence-electron chi connectivity index (χ3n) is 1.28. The number of aliphatic imine (C=N–C) groups is 1. The van der Waals surface area contributed by atoms with Gasteiger partial charge in [0.15, 0.2) is 0 Å². The van der Waals surface area contributed by atoms with E-state index in [1.807, 2.05) is 13.8 Å². The Labute approximate surface area is 70.2 Å². The second kappa shape index (κ2) is 3.34. The van der Waals surface area contributed by atoms with Crippen molar-refractivity contribution < 1.29 is 9.59 Å². The number of nitrogens with one attached hydrogen (secondary N) is 2. The molecule has 5 nitrogen and oxygen atoms in total. The molecule has 0 radical (unpaired) electrons. The number of hydrogen-bond acceptors (Lipinski definition) is 3. The number of amides is 2. The molecular weight excluding hydrogens is 158 g/mol. The molecule has 0 saturated carbocycles. The lowest BCUT2D eigenvalue weighted by Gasteiger charge is -1.99. The molecule has 1 saturated heterocycles. The van der Waals surface area contributed by atoms with E-state index in [4.69, 9.17) is 0 Å². The molecule has 0 aromatic heterocycles. The van der Waals surface area contributed by atoms with Crippen LogP contribution >= 0.6 is 0 Å². The van der Waals surface area contributed by atoms with E-state index in [2.05, 4.69) is 15.6 Å². The molecular formula is C7H11N3O2. The highest BCUT2D eigenvalue weighted by molar-refractivity contribution is 6.45. The Kier molecular flexibility index (Phi) is 2.42. The van der Waals surface area contributed by atoms with Gasteiger partial charge in [0.25, 0.3) is 0 Å². The van der Waals surface area contributed by atoms with Crippen LogP contribution in [-0.4, -0.2) is 24.3 Å². The predicted octanol–water partition coefficient (Wildman–Crippen LogP) is -0.756. The van der Waals surface area contributed by atoms with E-state index >= 15 is 0 Å². The summed E-state index contributed by atoms with van der Waals surface area (Å²) in [5.41, 5.74) is 0. The van der Waals surface area contributed by atoms with E-state index in [1.165, 1.54) is 0 Å². The molecule has 1 heterocycles. The summed E-state index contributed by atoms with van der Waals surface area (Å²) in [7, 11) is 0. The van der Waals surface area contributed by atoms with Crippen molar-refractivity contribution >= 4 is 17.8 Å². The van der Waals surface area contributed by atoms with Crippen molar-refractivity contribution in [1.82, 2.24) is 10.6 Å². The molecule has 66 valence electrons. The van der Waals surface area contributed by atoms with E-state index < -0.39 is 11.8 Å². The zero-order chi connectivity index (χ0) is 9.14. The highest BCUT2D eigenvalue weighted by Gasteiger charge is 2.24.